The van der Waals surface area contributed by atoms with E-state index in [9.17, 15) is 0 Å². The molecule has 1 aromatic carbocycles. The molecule has 3 heteroatoms. The first-order valence-corrected chi connectivity index (χ1v) is 5.09. The molecule has 2 rings (SSSR count). The van der Waals surface area contributed by atoms with Crippen LogP contribution in [0.5, 0.6) is 0 Å². The fraction of sp³-hybridized carbons (Fsp3) is 0.364. The zero-order chi connectivity index (χ0) is 9.97. The molecule has 0 aromatic heterocycles. The molecule has 14 heavy (non-hydrogen) atoms. The van der Waals surface area contributed by atoms with E-state index >= 15 is 0 Å². The van der Waals surface area contributed by atoms with Gasteiger partial charge in [0.15, 0.2) is 0 Å². The molecule has 1 unspecified atom stereocenters. The van der Waals surface area contributed by atoms with Crippen LogP contribution in [0, 0.1) is 11.3 Å². The highest BCUT2D eigenvalue weighted by Crippen LogP contribution is 2.34. The van der Waals surface area contributed by atoms with E-state index in [1.54, 1.807) is 0 Å². The van der Waals surface area contributed by atoms with Crippen LogP contribution < -0.4 is 5.32 Å². The molecule has 1 aliphatic heterocycles. The summed E-state index contributed by atoms with van der Waals surface area (Å²) < 4.78 is 0. The molecular weight excluding hydrogens is 196 g/mol. The molecule has 0 bridgehead atoms. The van der Waals surface area contributed by atoms with Crippen LogP contribution in [-0.4, -0.2) is 6.54 Å². The standard InChI is InChI=1S/C11H11ClN2/c12-9-1-2-10-8(3-5-13)4-6-14-11(10)7-9/h1-2,7-8,14H,3-4,6H2. The largest absolute Gasteiger partial charge is 0.385 e. The van der Waals surface area contributed by atoms with E-state index in [-0.39, 0.29) is 0 Å². The number of benzene rings is 1. The van der Waals surface area contributed by atoms with Gasteiger partial charge in [0.05, 0.1) is 6.07 Å². The molecule has 2 nitrogen and oxygen atoms in total. The fourth-order valence-electron chi connectivity index (χ4n) is 1.90. The monoisotopic (exact) mass is 206 g/mol. The second-order valence-corrected chi connectivity index (χ2v) is 3.94. The molecule has 0 saturated carbocycles. The van der Waals surface area contributed by atoms with Crippen LogP contribution in [-0.2, 0) is 0 Å². The van der Waals surface area contributed by atoms with Gasteiger partial charge in [-0.05, 0) is 24.1 Å². The number of anilines is 1. The highest BCUT2D eigenvalue weighted by atomic mass is 35.5. The Balaban J connectivity index is 2.36. The number of nitrogens with zero attached hydrogens (tertiary/aromatic N) is 1. The van der Waals surface area contributed by atoms with Gasteiger partial charge in [-0.15, -0.1) is 0 Å². The highest BCUT2D eigenvalue weighted by Gasteiger charge is 2.19. The van der Waals surface area contributed by atoms with Crippen molar-refractivity contribution in [3.8, 4) is 6.07 Å². The SMILES string of the molecule is N#CCC1CCNc2cc(Cl)ccc21. The minimum absolute atomic E-state index is 0.369. The molecule has 1 heterocycles. The minimum Gasteiger partial charge on any atom is -0.385 e. The molecule has 0 fully saturated rings. The van der Waals surface area contributed by atoms with Crippen molar-refractivity contribution in [3.05, 3.63) is 28.8 Å². The lowest BCUT2D eigenvalue weighted by Gasteiger charge is -2.25. The number of nitrogens with one attached hydrogen (secondary N) is 1. The van der Waals surface area contributed by atoms with Crippen molar-refractivity contribution in [3.63, 3.8) is 0 Å². The maximum absolute atomic E-state index is 8.70. The smallest absolute Gasteiger partial charge is 0.0628 e. The van der Waals surface area contributed by atoms with Crippen LogP contribution in [0.1, 0.15) is 24.3 Å². The summed E-state index contributed by atoms with van der Waals surface area (Å²) in [5, 5.41) is 12.7. The molecule has 1 atom stereocenters. The number of fused-ring (bicyclic) bond motifs is 1. The van der Waals surface area contributed by atoms with E-state index in [4.69, 9.17) is 16.9 Å². The lowest BCUT2D eigenvalue weighted by molar-refractivity contribution is 0.641. The second-order valence-electron chi connectivity index (χ2n) is 3.51. The Morgan fingerprint density at radius 3 is 3.21 bits per heavy atom. The number of hydrogen-bond donors (Lipinski definition) is 1. The van der Waals surface area contributed by atoms with E-state index < -0.39 is 0 Å². The number of hydrogen-bond acceptors (Lipinski definition) is 2. The Kier molecular flexibility index (Phi) is 2.60. The molecule has 1 aliphatic rings. The van der Waals surface area contributed by atoms with Crippen LogP contribution in [0.2, 0.25) is 5.02 Å². The molecule has 0 radical (unpaired) electrons. The van der Waals surface area contributed by atoms with Crippen molar-refractivity contribution in [2.75, 3.05) is 11.9 Å². The van der Waals surface area contributed by atoms with Crippen molar-refractivity contribution in [2.45, 2.75) is 18.8 Å². The van der Waals surface area contributed by atoms with Crippen LogP contribution in [0.15, 0.2) is 18.2 Å². The van der Waals surface area contributed by atoms with Gasteiger partial charge < -0.3 is 5.32 Å². The average molecular weight is 207 g/mol. The van der Waals surface area contributed by atoms with Crippen molar-refractivity contribution in [1.82, 2.24) is 0 Å². The third kappa shape index (κ3) is 1.69. The molecule has 1 aromatic rings. The topological polar surface area (TPSA) is 35.8 Å². The number of halogens is 1. The van der Waals surface area contributed by atoms with Crippen LogP contribution in [0.25, 0.3) is 0 Å². The van der Waals surface area contributed by atoms with Crippen LogP contribution in [0.3, 0.4) is 0 Å². The maximum atomic E-state index is 8.70. The van der Waals surface area contributed by atoms with E-state index in [0.717, 1.165) is 23.7 Å². The molecule has 0 spiro atoms. The molecule has 0 aliphatic carbocycles. The Bertz CT molecular complexity index is 381. The van der Waals surface area contributed by atoms with Gasteiger partial charge in [-0.1, -0.05) is 17.7 Å². The Morgan fingerprint density at radius 1 is 1.57 bits per heavy atom. The first kappa shape index (κ1) is 9.36. The third-order valence-corrected chi connectivity index (χ3v) is 2.84. The van der Waals surface area contributed by atoms with E-state index in [2.05, 4.69) is 11.4 Å². The maximum Gasteiger partial charge on any atom is 0.0628 e. The van der Waals surface area contributed by atoms with Crippen LogP contribution in [0.4, 0.5) is 5.69 Å². The second kappa shape index (κ2) is 3.89. The minimum atomic E-state index is 0.369. The summed E-state index contributed by atoms with van der Waals surface area (Å²) in [6, 6.07) is 8.07. The van der Waals surface area contributed by atoms with Crippen LogP contribution >= 0.6 is 11.6 Å². The van der Waals surface area contributed by atoms with Crippen molar-refractivity contribution < 1.29 is 0 Å². The summed E-state index contributed by atoms with van der Waals surface area (Å²) in [6.07, 6.45) is 1.62. The van der Waals surface area contributed by atoms with Gasteiger partial charge >= 0.3 is 0 Å². The third-order valence-electron chi connectivity index (χ3n) is 2.60. The molecule has 1 N–H and O–H groups in total. The van der Waals surface area contributed by atoms with Gasteiger partial charge in [0.25, 0.3) is 0 Å². The summed E-state index contributed by atoms with van der Waals surface area (Å²) in [4.78, 5) is 0. The average Bonchev–Trinajstić information content (AvgIpc) is 2.18. The van der Waals surface area contributed by atoms with Gasteiger partial charge in [0.1, 0.15) is 0 Å². The fourth-order valence-corrected chi connectivity index (χ4v) is 2.07. The highest BCUT2D eigenvalue weighted by molar-refractivity contribution is 6.30. The summed E-state index contributed by atoms with van der Waals surface area (Å²) in [7, 11) is 0. The van der Waals surface area contributed by atoms with E-state index in [0.29, 0.717) is 12.3 Å². The van der Waals surface area contributed by atoms with Crippen molar-refractivity contribution >= 4 is 17.3 Å². The molecule has 0 amide bonds. The molecule has 72 valence electrons. The first-order valence-electron chi connectivity index (χ1n) is 4.71. The van der Waals surface area contributed by atoms with Crippen molar-refractivity contribution in [2.24, 2.45) is 0 Å². The predicted octanol–water partition coefficient (Wildman–Crippen LogP) is 3.15. The molecular formula is C11H11ClN2. The predicted molar refractivity (Wildman–Crippen MR) is 57.5 cm³/mol. The van der Waals surface area contributed by atoms with Gasteiger partial charge in [0, 0.05) is 29.6 Å². The van der Waals surface area contributed by atoms with Crippen molar-refractivity contribution in [1.29, 1.82) is 5.26 Å². The van der Waals surface area contributed by atoms with Gasteiger partial charge in [0.2, 0.25) is 0 Å². The Morgan fingerprint density at radius 2 is 2.43 bits per heavy atom. The van der Waals surface area contributed by atoms with Gasteiger partial charge in [-0.3, -0.25) is 0 Å². The zero-order valence-electron chi connectivity index (χ0n) is 7.76. The number of nitriles is 1. The van der Waals surface area contributed by atoms with Gasteiger partial charge in [-0.25, -0.2) is 0 Å². The lowest BCUT2D eigenvalue weighted by atomic mass is 9.89. The summed E-state index contributed by atoms with van der Waals surface area (Å²) in [5.41, 5.74) is 2.31. The lowest BCUT2D eigenvalue weighted by Crippen LogP contribution is -2.16. The summed E-state index contributed by atoms with van der Waals surface area (Å²) >= 11 is 5.90. The Labute approximate surface area is 88.5 Å². The normalized spacial score (nSPS) is 19.3. The molecule has 0 saturated heterocycles. The zero-order valence-corrected chi connectivity index (χ0v) is 8.51. The van der Waals surface area contributed by atoms with E-state index in [1.807, 2.05) is 18.2 Å². The number of rotatable bonds is 1. The quantitative estimate of drug-likeness (QED) is 0.766. The first-order chi connectivity index (χ1) is 6.81. The summed E-state index contributed by atoms with van der Waals surface area (Å²) in [5.74, 6) is 0.369. The van der Waals surface area contributed by atoms with E-state index in [1.165, 1.54) is 5.56 Å². The Hall–Kier alpha value is -1.20. The van der Waals surface area contributed by atoms with Gasteiger partial charge in [-0.2, -0.15) is 5.26 Å². The summed E-state index contributed by atoms with van der Waals surface area (Å²) in [6.45, 7) is 0.930.